The predicted molar refractivity (Wildman–Crippen MR) is 71.2 cm³/mol. The molecule has 0 radical (unpaired) electrons. The molecule has 4 heteroatoms. The third-order valence-corrected chi connectivity index (χ3v) is 4.58. The van der Waals surface area contributed by atoms with E-state index >= 15 is 0 Å². The topological polar surface area (TPSA) is 46.3 Å². The highest BCUT2D eigenvalue weighted by molar-refractivity contribution is 7.12. The minimum Gasteiger partial charge on any atom is -0.338 e. The van der Waals surface area contributed by atoms with Crippen molar-refractivity contribution < 1.29 is 4.79 Å². The molecule has 1 saturated carbocycles. The van der Waals surface area contributed by atoms with Gasteiger partial charge in [-0.1, -0.05) is 18.9 Å². The third kappa shape index (κ3) is 2.69. The van der Waals surface area contributed by atoms with Gasteiger partial charge in [0, 0.05) is 13.1 Å². The zero-order valence-electron chi connectivity index (χ0n) is 10.3. The lowest BCUT2D eigenvalue weighted by Gasteiger charge is -2.37. The Morgan fingerprint density at radius 3 is 2.94 bits per heavy atom. The molecule has 0 bridgehead atoms. The highest BCUT2D eigenvalue weighted by Gasteiger charge is 2.30. The van der Waals surface area contributed by atoms with Crippen LogP contribution in [0.2, 0.25) is 0 Å². The van der Waals surface area contributed by atoms with Crippen LogP contribution in [0.5, 0.6) is 0 Å². The van der Waals surface area contributed by atoms with Crippen LogP contribution in [0.4, 0.5) is 0 Å². The molecule has 2 atom stereocenters. The Balaban J connectivity index is 2.07. The molecule has 2 unspecified atom stereocenters. The number of carbonyl (C=O) groups excluding carboxylic acids is 1. The average molecular weight is 252 g/mol. The molecular formula is C13H20N2OS. The molecule has 1 amide bonds. The second kappa shape index (κ2) is 5.65. The Hall–Kier alpha value is -0.870. The van der Waals surface area contributed by atoms with Crippen LogP contribution < -0.4 is 5.73 Å². The molecule has 0 aromatic carbocycles. The van der Waals surface area contributed by atoms with Crippen LogP contribution in [0, 0.1) is 5.92 Å². The van der Waals surface area contributed by atoms with Gasteiger partial charge >= 0.3 is 0 Å². The van der Waals surface area contributed by atoms with E-state index < -0.39 is 0 Å². The highest BCUT2D eigenvalue weighted by atomic mass is 32.1. The number of carbonyl (C=O) groups is 1. The molecule has 1 fully saturated rings. The number of nitrogens with zero attached hydrogens (tertiary/aromatic N) is 1. The van der Waals surface area contributed by atoms with Crippen LogP contribution in [0.25, 0.3) is 0 Å². The molecule has 94 valence electrons. The van der Waals surface area contributed by atoms with Crippen LogP contribution in [-0.4, -0.2) is 30.4 Å². The molecule has 2 rings (SSSR count). The molecule has 3 nitrogen and oxygen atoms in total. The average Bonchev–Trinajstić information content (AvgIpc) is 2.90. The van der Waals surface area contributed by atoms with Gasteiger partial charge in [0.05, 0.1) is 4.88 Å². The molecule has 0 aliphatic heterocycles. The fourth-order valence-corrected chi connectivity index (χ4v) is 3.40. The molecule has 1 aliphatic rings. The van der Waals surface area contributed by atoms with Crippen molar-refractivity contribution in [2.45, 2.75) is 31.7 Å². The summed E-state index contributed by atoms with van der Waals surface area (Å²) < 4.78 is 0. The van der Waals surface area contributed by atoms with Gasteiger partial charge in [-0.3, -0.25) is 4.79 Å². The summed E-state index contributed by atoms with van der Waals surface area (Å²) >= 11 is 1.51. The molecule has 1 aromatic rings. The standard InChI is InChI=1S/C13H20N2OS/c1-15(13(16)12-7-4-8-17-12)11-6-3-2-5-10(11)9-14/h4,7-8,10-11H,2-3,5-6,9,14H2,1H3. The summed E-state index contributed by atoms with van der Waals surface area (Å²) in [6, 6.07) is 4.14. The number of hydrogen-bond donors (Lipinski definition) is 1. The second-order valence-electron chi connectivity index (χ2n) is 4.74. The van der Waals surface area contributed by atoms with Crippen LogP contribution in [-0.2, 0) is 0 Å². The Labute approximate surface area is 107 Å². The van der Waals surface area contributed by atoms with Crippen LogP contribution in [0.1, 0.15) is 35.4 Å². The Bertz CT molecular complexity index is 364. The van der Waals surface area contributed by atoms with E-state index in [4.69, 9.17) is 5.73 Å². The van der Waals surface area contributed by atoms with Crippen molar-refractivity contribution in [2.24, 2.45) is 11.7 Å². The van der Waals surface area contributed by atoms with Gasteiger partial charge in [-0.15, -0.1) is 11.3 Å². The molecule has 1 aliphatic carbocycles. The molecule has 0 spiro atoms. The maximum Gasteiger partial charge on any atom is 0.263 e. The van der Waals surface area contributed by atoms with Gasteiger partial charge in [-0.2, -0.15) is 0 Å². The van der Waals surface area contributed by atoms with Crippen molar-refractivity contribution >= 4 is 17.2 Å². The summed E-state index contributed by atoms with van der Waals surface area (Å²) in [7, 11) is 1.92. The number of rotatable bonds is 3. The lowest BCUT2D eigenvalue weighted by molar-refractivity contribution is 0.0625. The van der Waals surface area contributed by atoms with E-state index in [1.165, 1.54) is 24.2 Å². The van der Waals surface area contributed by atoms with Gasteiger partial charge in [0.1, 0.15) is 0 Å². The zero-order valence-corrected chi connectivity index (χ0v) is 11.1. The number of amides is 1. The molecule has 2 N–H and O–H groups in total. The van der Waals surface area contributed by atoms with Crippen LogP contribution >= 0.6 is 11.3 Å². The van der Waals surface area contributed by atoms with E-state index in [0.717, 1.165) is 17.7 Å². The van der Waals surface area contributed by atoms with E-state index in [0.29, 0.717) is 18.5 Å². The normalized spacial score (nSPS) is 24.6. The molecule has 1 heterocycles. The summed E-state index contributed by atoms with van der Waals surface area (Å²) in [5.41, 5.74) is 5.81. The number of thiophene rings is 1. The van der Waals surface area contributed by atoms with E-state index in [9.17, 15) is 4.79 Å². The predicted octanol–water partition coefficient (Wildman–Crippen LogP) is 2.34. The fraction of sp³-hybridized carbons (Fsp3) is 0.615. The second-order valence-corrected chi connectivity index (χ2v) is 5.69. The Morgan fingerprint density at radius 1 is 1.53 bits per heavy atom. The minimum absolute atomic E-state index is 0.144. The summed E-state index contributed by atoms with van der Waals surface area (Å²) in [5, 5.41) is 1.95. The van der Waals surface area contributed by atoms with Crippen molar-refractivity contribution in [1.29, 1.82) is 0 Å². The van der Waals surface area contributed by atoms with Crippen molar-refractivity contribution in [3.05, 3.63) is 22.4 Å². The minimum atomic E-state index is 0.144. The lowest BCUT2D eigenvalue weighted by Crippen LogP contribution is -2.45. The monoisotopic (exact) mass is 252 g/mol. The quantitative estimate of drug-likeness (QED) is 0.897. The van der Waals surface area contributed by atoms with Gasteiger partial charge in [0.2, 0.25) is 0 Å². The van der Waals surface area contributed by atoms with E-state index in [1.54, 1.807) is 0 Å². The summed E-state index contributed by atoms with van der Waals surface area (Å²) in [6.07, 6.45) is 4.71. The van der Waals surface area contributed by atoms with E-state index in [1.807, 2.05) is 29.5 Å². The third-order valence-electron chi connectivity index (χ3n) is 3.72. The maximum atomic E-state index is 12.3. The van der Waals surface area contributed by atoms with E-state index in [2.05, 4.69) is 0 Å². The Morgan fingerprint density at radius 2 is 2.29 bits per heavy atom. The van der Waals surface area contributed by atoms with Crippen LogP contribution in [0.15, 0.2) is 17.5 Å². The summed E-state index contributed by atoms with van der Waals surface area (Å²) in [6.45, 7) is 0.687. The number of nitrogens with two attached hydrogens (primary N) is 1. The molecular weight excluding hydrogens is 232 g/mol. The van der Waals surface area contributed by atoms with Crippen molar-refractivity contribution in [3.63, 3.8) is 0 Å². The van der Waals surface area contributed by atoms with Gasteiger partial charge < -0.3 is 10.6 Å². The Kier molecular flexibility index (Phi) is 4.18. The molecule has 1 aromatic heterocycles. The first kappa shape index (κ1) is 12.6. The van der Waals surface area contributed by atoms with Gasteiger partial charge in [0.15, 0.2) is 0 Å². The van der Waals surface area contributed by atoms with Crippen LogP contribution in [0.3, 0.4) is 0 Å². The van der Waals surface area contributed by atoms with Crippen molar-refractivity contribution in [3.8, 4) is 0 Å². The number of hydrogen-bond acceptors (Lipinski definition) is 3. The summed E-state index contributed by atoms with van der Waals surface area (Å²) in [5.74, 6) is 0.614. The summed E-state index contributed by atoms with van der Waals surface area (Å²) in [4.78, 5) is 15.0. The van der Waals surface area contributed by atoms with Crippen molar-refractivity contribution in [2.75, 3.05) is 13.6 Å². The smallest absolute Gasteiger partial charge is 0.263 e. The highest BCUT2D eigenvalue weighted by Crippen LogP contribution is 2.28. The van der Waals surface area contributed by atoms with Gasteiger partial charge in [-0.05, 0) is 36.8 Å². The zero-order chi connectivity index (χ0) is 12.3. The first-order valence-electron chi connectivity index (χ1n) is 6.24. The van der Waals surface area contributed by atoms with Crippen molar-refractivity contribution in [1.82, 2.24) is 4.90 Å². The molecule has 17 heavy (non-hydrogen) atoms. The molecule has 0 saturated heterocycles. The van der Waals surface area contributed by atoms with Gasteiger partial charge in [-0.25, -0.2) is 0 Å². The maximum absolute atomic E-state index is 12.3. The van der Waals surface area contributed by atoms with Gasteiger partial charge in [0.25, 0.3) is 5.91 Å². The first-order chi connectivity index (χ1) is 8.24. The van der Waals surface area contributed by atoms with E-state index in [-0.39, 0.29) is 5.91 Å². The lowest BCUT2D eigenvalue weighted by atomic mass is 9.83. The first-order valence-corrected chi connectivity index (χ1v) is 7.12. The SMILES string of the molecule is CN(C(=O)c1cccs1)C1CCCCC1CN. The largest absolute Gasteiger partial charge is 0.338 e. The fourth-order valence-electron chi connectivity index (χ4n) is 2.70.